The number of nitrogens with zero attached hydrogens (tertiary/aromatic N) is 3. The van der Waals surface area contributed by atoms with E-state index in [0.717, 1.165) is 69.4 Å². The van der Waals surface area contributed by atoms with Gasteiger partial charge in [-0.25, -0.2) is 4.79 Å². The molecule has 0 saturated carbocycles. The molecular formula is C20H29ClN4O. The second-order valence-corrected chi connectivity index (χ2v) is 7.79. The van der Waals surface area contributed by atoms with E-state index in [1.165, 1.54) is 5.57 Å². The fraction of sp³-hybridized carbons (Fsp3) is 0.550. The highest BCUT2D eigenvalue weighted by Crippen LogP contribution is 2.26. The van der Waals surface area contributed by atoms with Gasteiger partial charge < -0.3 is 15.1 Å². The second-order valence-electron chi connectivity index (χ2n) is 7.38. The summed E-state index contributed by atoms with van der Waals surface area (Å²) < 4.78 is 0. The molecule has 2 aliphatic rings. The van der Waals surface area contributed by atoms with E-state index in [1.807, 2.05) is 29.2 Å². The lowest BCUT2D eigenvalue weighted by atomic mass is 10.0. The molecule has 6 heteroatoms. The summed E-state index contributed by atoms with van der Waals surface area (Å²) in [5, 5.41) is 3.99. The number of carbonyl (C=O) groups is 1. The lowest BCUT2D eigenvalue weighted by molar-refractivity contribution is 0.174. The van der Waals surface area contributed by atoms with Crippen molar-refractivity contribution >= 4 is 23.3 Å². The second kappa shape index (κ2) is 8.78. The summed E-state index contributed by atoms with van der Waals surface area (Å²) in [5.74, 6) is 0. The van der Waals surface area contributed by atoms with Gasteiger partial charge in [0.1, 0.15) is 0 Å². The molecule has 0 aliphatic carbocycles. The van der Waals surface area contributed by atoms with Crippen LogP contribution in [0.15, 0.2) is 36.4 Å². The van der Waals surface area contributed by atoms with Crippen molar-refractivity contribution in [1.82, 2.24) is 15.1 Å². The van der Waals surface area contributed by atoms with Crippen LogP contribution in [0.4, 0.5) is 10.5 Å². The van der Waals surface area contributed by atoms with E-state index < -0.39 is 0 Å². The molecule has 2 aliphatic heterocycles. The van der Waals surface area contributed by atoms with Crippen LogP contribution in [0.25, 0.3) is 0 Å². The lowest BCUT2D eigenvalue weighted by Crippen LogP contribution is -2.55. The normalized spacial score (nSPS) is 19.5. The van der Waals surface area contributed by atoms with Gasteiger partial charge in [-0.2, -0.15) is 0 Å². The van der Waals surface area contributed by atoms with Gasteiger partial charge in [0, 0.05) is 51.9 Å². The number of carbonyl (C=O) groups excluding carboxylic acids is 1. The number of likely N-dealkylation sites (tertiary alicyclic amines) is 1. The topological polar surface area (TPSA) is 38.8 Å². The Morgan fingerprint density at radius 3 is 2.42 bits per heavy atom. The number of piperazine rings is 1. The van der Waals surface area contributed by atoms with Crippen LogP contribution in [-0.2, 0) is 0 Å². The molecule has 26 heavy (non-hydrogen) atoms. The van der Waals surface area contributed by atoms with Crippen LogP contribution < -0.4 is 10.2 Å². The fourth-order valence-corrected chi connectivity index (χ4v) is 4.00. The van der Waals surface area contributed by atoms with Crippen molar-refractivity contribution in [3.05, 3.63) is 41.4 Å². The van der Waals surface area contributed by atoms with Crippen molar-refractivity contribution < 1.29 is 4.79 Å². The molecule has 2 amide bonds. The van der Waals surface area contributed by atoms with Crippen LogP contribution >= 0.6 is 11.6 Å². The van der Waals surface area contributed by atoms with E-state index in [2.05, 4.69) is 28.6 Å². The first-order valence-electron chi connectivity index (χ1n) is 9.44. The van der Waals surface area contributed by atoms with E-state index in [0.29, 0.717) is 0 Å². The number of nitrogens with one attached hydrogen (secondary N) is 1. The van der Waals surface area contributed by atoms with E-state index >= 15 is 0 Å². The number of benzene rings is 1. The molecule has 0 atom stereocenters. The Bertz CT molecular complexity index is 634. The van der Waals surface area contributed by atoms with E-state index in [4.69, 9.17) is 11.6 Å². The molecule has 2 heterocycles. The Balaban J connectivity index is 1.43. The van der Waals surface area contributed by atoms with Gasteiger partial charge >= 0.3 is 6.03 Å². The zero-order chi connectivity index (χ0) is 18.5. The van der Waals surface area contributed by atoms with Gasteiger partial charge in [0.25, 0.3) is 0 Å². The SMILES string of the molecule is C=C(C)CN1CCC(NC(=O)N2CCN(c3ccccc3Cl)CC2)CC1. The molecule has 1 aromatic carbocycles. The fourth-order valence-electron chi connectivity index (χ4n) is 3.74. The van der Waals surface area contributed by atoms with E-state index in [-0.39, 0.29) is 12.1 Å². The van der Waals surface area contributed by atoms with Crippen molar-refractivity contribution in [2.75, 3.05) is 50.7 Å². The summed E-state index contributed by atoms with van der Waals surface area (Å²) in [5.41, 5.74) is 2.25. The highest BCUT2D eigenvalue weighted by Gasteiger charge is 2.26. The highest BCUT2D eigenvalue weighted by atomic mass is 35.5. The largest absolute Gasteiger partial charge is 0.367 e. The first-order chi connectivity index (χ1) is 12.5. The predicted molar refractivity (Wildman–Crippen MR) is 108 cm³/mol. The Morgan fingerprint density at radius 1 is 1.15 bits per heavy atom. The number of para-hydroxylation sites is 1. The van der Waals surface area contributed by atoms with Crippen molar-refractivity contribution in [3.63, 3.8) is 0 Å². The number of piperidine rings is 1. The van der Waals surface area contributed by atoms with Gasteiger partial charge in [0.05, 0.1) is 10.7 Å². The van der Waals surface area contributed by atoms with Gasteiger partial charge in [0.2, 0.25) is 0 Å². The number of hydrogen-bond donors (Lipinski definition) is 1. The van der Waals surface area contributed by atoms with Crippen molar-refractivity contribution in [2.45, 2.75) is 25.8 Å². The monoisotopic (exact) mass is 376 g/mol. The maximum atomic E-state index is 12.6. The summed E-state index contributed by atoms with van der Waals surface area (Å²) in [7, 11) is 0. The van der Waals surface area contributed by atoms with Gasteiger partial charge in [-0.3, -0.25) is 4.90 Å². The molecule has 5 nitrogen and oxygen atoms in total. The molecule has 0 aromatic heterocycles. The molecule has 1 aromatic rings. The number of hydrogen-bond acceptors (Lipinski definition) is 3. The summed E-state index contributed by atoms with van der Waals surface area (Å²) in [6.07, 6.45) is 2.03. The van der Waals surface area contributed by atoms with Crippen molar-refractivity contribution in [2.24, 2.45) is 0 Å². The number of amides is 2. The third kappa shape index (κ3) is 4.92. The Hall–Kier alpha value is -1.72. The van der Waals surface area contributed by atoms with E-state index in [1.54, 1.807) is 0 Å². The average molecular weight is 377 g/mol. The molecule has 0 bridgehead atoms. The van der Waals surface area contributed by atoms with Crippen LogP contribution in [0.1, 0.15) is 19.8 Å². The zero-order valence-corrected chi connectivity index (χ0v) is 16.3. The van der Waals surface area contributed by atoms with Gasteiger partial charge in [-0.05, 0) is 31.9 Å². The molecule has 0 spiro atoms. The first kappa shape index (κ1) is 19.1. The molecule has 0 unspecified atom stereocenters. The maximum absolute atomic E-state index is 12.6. The molecule has 2 saturated heterocycles. The number of halogens is 1. The van der Waals surface area contributed by atoms with Crippen molar-refractivity contribution in [1.29, 1.82) is 0 Å². The Kier molecular flexibility index (Phi) is 6.43. The third-order valence-electron chi connectivity index (χ3n) is 5.17. The van der Waals surface area contributed by atoms with Crippen LogP contribution in [0, 0.1) is 0 Å². The van der Waals surface area contributed by atoms with Gasteiger partial charge in [0.15, 0.2) is 0 Å². The molecular weight excluding hydrogens is 348 g/mol. The lowest BCUT2D eigenvalue weighted by Gasteiger charge is -2.38. The van der Waals surface area contributed by atoms with Crippen molar-refractivity contribution in [3.8, 4) is 0 Å². The third-order valence-corrected chi connectivity index (χ3v) is 5.49. The summed E-state index contributed by atoms with van der Waals surface area (Å²) >= 11 is 6.28. The minimum absolute atomic E-state index is 0.0714. The predicted octanol–water partition coefficient (Wildman–Crippen LogP) is 3.21. The number of urea groups is 1. The standard InChI is InChI=1S/C20H29ClN4O/c1-16(2)15-23-9-7-17(8-10-23)22-20(26)25-13-11-24(12-14-25)19-6-4-3-5-18(19)21/h3-6,17H,1,7-15H2,2H3,(H,22,26). The quantitative estimate of drug-likeness (QED) is 0.820. The number of rotatable bonds is 4. The Morgan fingerprint density at radius 2 is 1.81 bits per heavy atom. The molecule has 3 rings (SSSR count). The highest BCUT2D eigenvalue weighted by molar-refractivity contribution is 6.33. The summed E-state index contributed by atoms with van der Waals surface area (Å²) in [6.45, 7) is 12.1. The van der Waals surface area contributed by atoms with Crippen LogP contribution in [0.5, 0.6) is 0 Å². The minimum Gasteiger partial charge on any atom is -0.367 e. The first-order valence-corrected chi connectivity index (χ1v) is 9.82. The van der Waals surface area contributed by atoms with Gasteiger partial charge in [-0.1, -0.05) is 35.9 Å². The van der Waals surface area contributed by atoms with Crippen LogP contribution in [-0.4, -0.2) is 67.7 Å². The maximum Gasteiger partial charge on any atom is 0.317 e. The van der Waals surface area contributed by atoms with Gasteiger partial charge in [-0.15, -0.1) is 0 Å². The number of anilines is 1. The van der Waals surface area contributed by atoms with E-state index in [9.17, 15) is 4.79 Å². The smallest absolute Gasteiger partial charge is 0.317 e. The average Bonchev–Trinajstić information content (AvgIpc) is 2.63. The summed E-state index contributed by atoms with van der Waals surface area (Å²) in [6, 6.07) is 8.25. The molecule has 2 fully saturated rings. The molecule has 142 valence electrons. The molecule has 0 radical (unpaired) electrons. The van der Waals surface area contributed by atoms with Crippen LogP contribution in [0.2, 0.25) is 5.02 Å². The Labute approximate surface area is 161 Å². The zero-order valence-electron chi connectivity index (χ0n) is 15.6. The minimum atomic E-state index is 0.0714. The van der Waals surface area contributed by atoms with Crippen LogP contribution in [0.3, 0.4) is 0 Å². The summed E-state index contributed by atoms with van der Waals surface area (Å²) in [4.78, 5) is 19.2. The molecule has 1 N–H and O–H groups in total.